The average Bonchev–Trinajstić information content (AvgIpc) is 2.70. The summed E-state index contributed by atoms with van der Waals surface area (Å²) in [5.41, 5.74) is 0.364. The zero-order valence-electron chi connectivity index (χ0n) is 8.57. The smallest absolute Gasteiger partial charge is 0.319 e. The van der Waals surface area contributed by atoms with Gasteiger partial charge in [0.2, 0.25) is 0 Å². The lowest BCUT2D eigenvalue weighted by Gasteiger charge is -2.12. The quantitative estimate of drug-likeness (QED) is 0.830. The van der Waals surface area contributed by atoms with E-state index in [0.717, 1.165) is 24.1 Å². The first-order valence-electron chi connectivity index (χ1n) is 5.00. The fourth-order valence-corrected chi connectivity index (χ4v) is 2.63. The number of urea groups is 1. The maximum absolute atomic E-state index is 12.8. The molecule has 16 heavy (non-hydrogen) atoms. The van der Waals surface area contributed by atoms with Gasteiger partial charge < -0.3 is 10.6 Å². The minimum absolute atomic E-state index is 0.214. The van der Waals surface area contributed by atoms with Crippen LogP contribution in [-0.2, 0) is 0 Å². The molecule has 1 atom stereocenters. The fourth-order valence-electron chi connectivity index (χ4n) is 1.48. The number of aromatic nitrogens is 1. The molecule has 1 aromatic heterocycles. The number of thioether (sulfide) groups is 1. The molecule has 0 radical (unpaired) electrons. The standard InChI is InChI=1S/C10H12FN3OS/c11-7-3-9(5-12-4-7)14-10(15)13-8-1-2-16-6-8/h3-5,8H,1-2,6H2,(H2,13,14,15). The van der Waals surface area contributed by atoms with Gasteiger partial charge in [0.25, 0.3) is 0 Å². The molecule has 1 fully saturated rings. The van der Waals surface area contributed by atoms with E-state index in [1.165, 1.54) is 12.3 Å². The highest BCUT2D eigenvalue weighted by Crippen LogP contribution is 2.17. The first-order chi connectivity index (χ1) is 7.74. The van der Waals surface area contributed by atoms with E-state index in [2.05, 4.69) is 15.6 Å². The van der Waals surface area contributed by atoms with Crippen molar-refractivity contribution in [1.82, 2.24) is 10.3 Å². The summed E-state index contributed by atoms with van der Waals surface area (Å²) in [6.45, 7) is 0. The van der Waals surface area contributed by atoms with Crippen LogP contribution >= 0.6 is 11.8 Å². The van der Waals surface area contributed by atoms with Gasteiger partial charge in [-0.3, -0.25) is 4.98 Å². The summed E-state index contributed by atoms with van der Waals surface area (Å²) in [7, 11) is 0. The molecular weight excluding hydrogens is 229 g/mol. The number of pyridine rings is 1. The molecule has 0 aliphatic carbocycles. The highest BCUT2D eigenvalue weighted by atomic mass is 32.2. The van der Waals surface area contributed by atoms with Crippen LogP contribution in [0, 0.1) is 5.82 Å². The van der Waals surface area contributed by atoms with E-state index >= 15 is 0 Å². The lowest BCUT2D eigenvalue weighted by Crippen LogP contribution is -2.37. The third kappa shape index (κ3) is 3.10. The van der Waals surface area contributed by atoms with E-state index in [1.54, 1.807) is 0 Å². The zero-order valence-corrected chi connectivity index (χ0v) is 9.39. The Morgan fingerprint density at radius 2 is 2.44 bits per heavy atom. The minimum atomic E-state index is -0.464. The molecule has 0 saturated carbocycles. The van der Waals surface area contributed by atoms with Crippen molar-refractivity contribution in [3.05, 3.63) is 24.3 Å². The largest absolute Gasteiger partial charge is 0.334 e. The number of carbonyl (C=O) groups excluding carboxylic acids is 1. The number of rotatable bonds is 2. The Morgan fingerprint density at radius 1 is 1.56 bits per heavy atom. The third-order valence-corrected chi connectivity index (χ3v) is 3.39. The van der Waals surface area contributed by atoms with E-state index < -0.39 is 5.82 Å². The Bertz CT molecular complexity index is 382. The van der Waals surface area contributed by atoms with Crippen molar-refractivity contribution < 1.29 is 9.18 Å². The number of anilines is 1. The minimum Gasteiger partial charge on any atom is -0.334 e. The van der Waals surface area contributed by atoms with Crippen molar-refractivity contribution in [3.63, 3.8) is 0 Å². The Hall–Kier alpha value is -1.30. The van der Waals surface area contributed by atoms with E-state index in [9.17, 15) is 9.18 Å². The molecule has 1 saturated heterocycles. The first-order valence-corrected chi connectivity index (χ1v) is 6.15. The molecule has 2 amide bonds. The Morgan fingerprint density at radius 3 is 3.12 bits per heavy atom. The summed E-state index contributed by atoms with van der Waals surface area (Å²) >= 11 is 1.82. The van der Waals surface area contributed by atoms with Gasteiger partial charge in [0.1, 0.15) is 5.82 Å². The summed E-state index contributed by atoms with van der Waals surface area (Å²) in [6, 6.07) is 1.14. The highest BCUT2D eigenvalue weighted by molar-refractivity contribution is 7.99. The van der Waals surface area contributed by atoms with Gasteiger partial charge in [-0.25, -0.2) is 9.18 Å². The van der Waals surface area contributed by atoms with Crippen LogP contribution in [0.25, 0.3) is 0 Å². The molecule has 1 aliphatic rings. The molecule has 0 bridgehead atoms. The normalized spacial score (nSPS) is 19.4. The van der Waals surface area contributed by atoms with Crippen LogP contribution in [0.15, 0.2) is 18.5 Å². The monoisotopic (exact) mass is 241 g/mol. The second-order valence-corrected chi connectivity index (χ2v) is 4.70. The summed E-state index contributed by atoms with van der Waals surface area (Å²) < 4.78 is 12.8. The molecule has 0 spiro atoms. The van der Waals surface area contributed by atoms with Crippen LogP contribution < -0.4 is 10.6 Å². The van der Waals surface area contributed by atoms with Crippen molar-refractivity contribution in [2.75, 3.05) is 16.8 Å². The molecule has 1 unspecified atom stereocenters. The number of hydrogen-bond acceptors (Lipinski definition) is 3. The average molecular weight is 241 g/mol. The topological polar surface area (TPSA) is 54.0 Å². The molecule has 86 valence electrons. The third-order valence-electron chi connectivity index (χ3n) is 2.23. The summed E-state index contributed by atoms with van der Waals surface area (Å²) in [5.74, 6) is 1.55. The van der Waals surface area contributed by atoms with Gasteiger partial charge in [-0.2, -0.15) is 11.8 Å². The summed E-state index contributed by atoms with van der Waals surface area (Å²) in [4.78, 5) is 15.1. The molecule has 1 aromatic rings. The van der Waals surface area contributed by atoms with E-state index in [0.29, 0.717) is 5.69 Å². The van der Waals surface area contributed by atoms with Crippen molar-refractivity contribution in [2.45, 2.75) is 12.5 Å². The predicted octanol–water partition coefficient (Wildman–Crippen LogP) is 1.85. The molecule has 1 aliphatic heterocycles. The number of carbonyl (C=O) groups is 1. The highest BCUT2D eigenvalue weighted by Gasteiger charge is 2.17. The Labute approximate surface area is 97.0 Å². The maximum atomic E-state index is 12.8. The predicted molar refractivity (Wildman–Crippen MR) is 62.1 cm³/mol. The molecule has 2 N–H and O–H groups in total. The van der Waals surface area contributed by atoms with Crippen LogP contribution in [0.1, 0.15) is 6.42 Å². The van der Waals surface area contributed by atoms with Gasteiger partial charge in [-0.1, -0.05) is 0 Å². The van der Waals surface area contributed by atoms with E-state index in [-0.39, 0.29) is 12.1 Å². The van der Waals surface area contributed by atoms with Crippen molar-refractivity contribution in [3.8, 4) is 0 Å². The summed E-state index contributed by atoms with van der Waals surface area (Å²) in [5, 5.41) is 5.37. The first kappa shape index (κ1) is 11.2. The van der Waals surface area contributed by atoms with Crippen LogP contribution in [0.3, 0.4) is 0 Å². The molecule has 6 heteroatoms. The molecule has 0 aromatic carbocycles. The van der Waals surface area contributed by atoms with E-state index in [4.69, 9.17) is 0 Å². The van der Waals surface area contributed by atoms with Crippen LogP contribution in [0.5, 0.6) is 0 Å². The van der Waals surface area contributed by atoms with Gasteiger partial charge >= 0.3 is 6.03 Å². The fraction of sp³-hybridized carbons (Fsp3) is 0.400. The van der Waals surface area contributed by atoms with Crippen molar-refractivity contribution in [2.24, 2.45) is 0 Å². The van der Waals surface area contributed by atoms with Crippen LogP contribution in [0.4, 0.5) is 14.9 Å². The number of halogens is 1. The van der Waals surface area contributed by atoms with E-state index in [1.807, 2.05) is 11.8 Å². The number of hydrogen-bond donors (Lipinski definition) is 2. The van der Waals surface area contributed by atoms with Crippen molar-refractivity contribution >= 4 is 23.5 Å². The molecule has 2 heterocycles. The number of nitrogens with zero attached hydrogens (tertiary/aromatic N) is 1. The van der Waals surface area contributed by atoms with Gasteiger partial charge in [-0.05, 0) is 12.2 Å². The second-order valence-electron chi connectivity index (χ2n) is 3.55. The number of amides is 2. The Balaban J connectivity index is 1.86. The lowest BCUT2D eigenvalue weighted by molar-refractivity contribution is 0.249. The molecule has 4 nitrogen and oxygen atoms in total. The van der Waals surface area contributed by atoms with Crippen LogP contribution in [0.2, 0.25) is 0 Å². The zero-order chi connectivity index (χ0) is 11.4. The molecular formula is C10H12FN3OS. The number of nitrogens with one attached hydrogen (secondary N) is 2. The molecule has 2 rings (SSSR count). The SMILES string of the molecule is O=C(Nc1cncc(F)c1)NC1CCSC1. The van der Waals surface area contributed by atoms with Gasteiger partial charge in [-0.15, -0.1) is 0 Å². The Kier molecular flexibility index (Phi) is 3.61. The van der Waals surface area contributed by atoms with Crippen molar-refractivity contribution in [1.29, 1.82) is 0 Å². The van der Waals surface area contributed by atoms with Gasteiger partial charge in [0.05, 0.1) is 18.1 Å². The van der Waals surface area contributed by atoms with Gasteiger partial charge in [0, 0.05) is 17.9 Å². The second kappa shape index (κ2) is 5.16. The van der Waals surface area contributed by atoms with Gasteiger partial charge in [0.15, 0.2) is 0 Å². The maximum Gasteiger partial charge on any atom is 0.319 e. The lowest BCUT2D eigenvalue weighted by atomic mass is 10.3. The van der Waals surface area contributed by atoms with Crippen LogP contribution in [-0.4, -0.2) is 28.6 Å². The summed E-state index contributed by atoms with van der Waals surface area (Å²) in [6.07, 6.45) is 3.49.